The number of hydrogen-bond acceptors (Lipinski definition) is 9. The first kappa shape index (κ1) is 17.1. The van der Waals surface area contributed by atoms with Gasteiger partial charge in [0.25, 0.3) is 0 Å². The number of phosphoric acid groups is 1. The van der Waals surface area contributed by atoms with E-state index in [9.17, 15) is 27.2 Å². The Morgan fingerprint density at radius 1 is 1.11 bits per heavy atom. The van der Waals surface area contributed by atoms with Crippen LogP contribution in [0.1, 0.15) is 0 Å². The average molecular weight is 342 g/mol. The van der Waals surface area contributed by atoms with Gasteiger partial charge >= 0.3 is 110 Å². The summed E-state index contributed by atoms with van der Waals surface area (Å²) >= 11 is -3.96. The molecule has 1 heterocycles. The van der Waals surface area contributed by atoms with Crippen LogP contribution in [0.3, 0.4) is 0 Å². The Morgan fingerprint density at radius 3 is 2.16 bits per heavy atom. The van der Waals surface area contributed by atoms with Crippen molar-refractivity contribution in [3.8, 4) is 0 Å². The van der Waals surface area contributed by atoms with Crippen molar-refractivity contribution in [2.24, 2.45) is 0 Å². The molecule has 0 spiro atoms. The van der Waals surface area contributed by atoms with Gasteiger partial charge in [0.15, 0.2) is 0 Å². The molecule has 0 radical (unpaired) electrons. The second-order valence-corrected chi connectivity index (χ2v) is 5.92. The molecule has 0 aliphatic carbocycles. The van der Waals surface area contributed by atoms with Crippen LogP contribution in [0.25, 0.3) is 0 Å². The van der Waals surface area contributed by atoms with Crippen molar-refractivity contribution >= 4 is 7.82 Å². The molecule has 0 amide bonds. The zero-order valence-electron chi connectivity index (χ0n) is 9.17. The molecule has 0 aromatic carbocycles. The molecule has 112 valence electrons. The van der Waals surface area contributed by atoms with Crippen molar-refractivity contribution in [2.45, 2.75) is 30.7 Å². The van der Waals surface area contributed by atoms with Gasteiger partial charge in [-0.25, -0.2) is 0 Å². The summed E-state index contributed by atoms with van der Waals surface area (Å²) in [6.45, 7) is -0.682. The molecule has 0 aromatic rings. The molecule has 5 atom stereocenters. The molecular weight excluding hydrogens is 330 g/mol. The third kappa shape index (κ3) is 5.18. The zero-order chi connectivity index (χ0) is 14.8. The van der Waals surface area contributed by atoms with Crippen molar-refractivity contribution in [3.63, 3.8) is 0 Å². The zero-order valence-corrected chi connectivity index (χ0v) is 11.5. The van der Waals surface area contributed by atoms with Crippen molar-refractivity contribution in [1.29, 1.82) is 0 Å². The molecule has 1 fully saturated rings. The Bertz CT molecular complexity index is 409. The molecule has 1 aliphatic rings. The first-order chi connectivity index (χ1) is 8.61. The second-order valence-electron chi connectivity index (χ2n) is 3.63. The predicted octanol–water partition coefficient (Wildman–Crippen LogP) is -2.86. The Balaban J connectivity index is 2.76. The van der Waals surface area contributed by atoms with E-state index < -0.39 is 60.5 Å². The Labute approximate surface area is 111 Å². The number of phosphoric ester groups is 1. The predicted molar refractivity (Wildman–Crippen MR) is 47.1 cm³/mol. The third-order valence-corrected chi connectivity index (χ3v) is 3.30. The SMILES string of the molecule is [O]=[V](=[O])[O]C[C@H]1O[C@H](OP(=O)(O)O)[C@H](O)[C@@H](O)[C@@H]1O. The van der Waals surface area contributed by atoms with Gasteiger partial charge in [0.2, 0.25) is 0 Å². The second kappa shape index (κ2) is 6.70. The van der Waals surface area contributed by atoms with Crippen LogP contribution < -0.4 is 0 Å². The van der Waals surface area contributed by atoms with Crippen LogP contribution in [-0.4, -0.2) is 62.4 Å². The monoisotopic (exact) mass is 342 g/mol. The molecule has 0 saturated carbocycles. The number of ether oxygens (including phenoxy) is 1. The van der Waals surface area contributed by atoms with Crippen LogP contribution in [-0.2, 0) is 40.2 Å². The molecule has 11 nitrogen and oxygen atoms in total. The Kier molecular flexibility index (Phi) is 6.05. The Morgan fingerprint density at radius 2 is 1.68 bits per heavy atom. The summed E-state index contributed by atoms with van der Waals surface area (Å²) in [4.78, 5) is 17.1. The summed E-state index contributed by atoms with van der Waals surface area (Å²) in [6.07, 6.45) is -8.85. The van der Waals surface area contributed by atoms with E-state index in [1.54, 1.807) is 0 Å². The van der Waals surface area contributed by atoms with Crippen LogP contribution in [0.2, 0.25) is 0 Å². The fourth-order valence-corrected chi connectivity index (χ4v) is 2.28. The van der Waals surface area contributed by atoms with E-state index in [-0.39, 0.29) is 0 Å². The molecule has 1 rings (SSSR count). The van der Waals surface area contributed by atoms with Crippen molar-refractivity contribution in [1.82, 2.24) is 0 Å². The molecule has 5 N–H and O–H groups in total. The van der Waals surface area contributed by atoms with Crippen LogP contribution in [0, 0.1) is 0 Å². The van der Waals surface area contributed by atoms with Crippen LogP contribution in [0.5, 0.6) is 0 Å². The fourth-order valence-electron chi connectivity index (χ4n) is 1.41. The average Bonchev–Trinajstić information content (AvgIpc) is 2.26. The minimum atomic E-state index is -5.02. The van der Waals surface area contributed by atoms with Gasteiger partial charge in [-0.05, 0) is 0 Å². The summed E-state index contributed by atoms with van der Waals surface area (Å²) in [5.74, 6) is 0. The van der Waals surface area contributed by atoms with Crippen molar-refractivity contribution in [3.05, 3.63) is 0 Å². The van der Waals surface area contributed by atoms with Gasteiger partial charge in [-0.3, -0.25) is 0 Å². The van der Waals surface area contributed by atoms with E-state index in [0.29, 0.717) is 0 Å². The molecule has 0 unspecified atom stereocenters. The van der Waals surface area contributed by atoms with Crippen LogP contribution >= 0.6 is 7.82 Å². The van der Waals surface area contributed by atoms with Gasteiger partial charge in [0.1, 0.15) is 0 Å². The standard InChI is InChI=1S/C6H12O9P.2O.V/c7-1-2-3(8)4(9)5(10)6(14-2)15-16(11,12)13;;;/h2-6,8-10H,1H2,(H2,11,12,13);;;/q-1;;;+1/t2-,3-,4+,5-,6-;;;/m1.../s1. The van der Waals surface area contributed by atoms with E-state index in [1.165, 1.54) is 0 Å². The molecule has 0 aromatic heterocycles. The molecule has 19 heavy (non-hydrogen) atoms. The van der Waals surface area contributed by atoms with Gasteiger partial charge in [0.05, 0.1) is 0 Å². The van der Waals surface area contributed by atoms with Gasteiger partial charge in [-0.15, -0.1) is 0 Å². The van der Waals surface area contributed by atoms with Gasteiger partial charge in [-0.1, -0.05) is 0 Å². The van der Waals surface area contributed by atoms with Crippen molar-refractivity contribution in [2.75, 3.05) is 6.61 Å². The number of hydrogen-bond donors (Lipinski definition) is 5. The third-order valence-electron chi connectivity index (χ3n) is 2.25. The molecule has 1 aliphatic heterocycles. The topological polar surface area (TPSA) is 180 Å². The van der Waals surface area contributed by atoms with Crippen LogP contribution in [0.15, 0.2) is 0 Å². The number of rotatable bonds is 5. The molecule has 1 saturated heterocycles. The quantitative estimate of drug-likeness (QED) is 0.324. The first-order valence-corrected chi connectivity index (χ1v) is 8.07. The van der Waals surface area contributed by atoms with E-state index in [1.807, 2.05) is 0 Å². The van der Waals surface area contributed by atoms with Crippen molar-refractivity contribution < 1.29 is 65.3 Å². The summed E-state index contributed by atoms with van der Waals surface area (Å²) < 4.78 is 44.3. The summed E-state index contributed by atoms with van der Waals surface area (Å²) in [7, 11) is -5.02. The molecule has 0 bridgehead atoms. The number of aliphatic hydroxyl groups excluding tert-OH is 3. The fraction of sp³-hybridized carbons (Fsp3) is 1.00. The maximum atomic E-state index is 10.6. The Hall–Kier alpha value is 0.0944. The van der Waals surface area contributed by atoms with E-state index in [4.69, 9.17) is 14.5 Å². The summed E-state index contributed by atoms with van der Waals surface area (Å²) in [5.41, 5.74) is 0. The minimum absolute atomic E-state index is 0.682. The normalized spacial score (nSPS) is 36.2. The van der Waals surface area contributed by atoms with E-state index >= 15 is 0 Å². The van der Waals surface area contributed by atoms with Gasteiger partial charge < -0.3 is 0 Å². The van der Waals surface area contributed by atoms with Gasteiger partial charge in [-0.2, -0.15) is 0 Å². The molecule has 13 heteroatoms. The van der Waals surface area contributed by atoms with Crippen LogP contribution in [0.4, 0.5) is 0 Å². The first-order valence-electron chi connectivity index (χ1n) is 4.82. The number of aliphatic hydroxyl groups is 3. The summed E-state index contributed by atoms with van der Waals surface area (Å²) in [6, 6.07) is 0. The van der Waals surface area contributed by atoms with E-state index in [0.717, 1.165) is 0 Å². The van der Waals surface area contributed by atoms with E-state index in [2.05, 4.69) is 8.19 Å². The van der Waals surface area contributed by atoms with Gasteiger partial charge in [0, 0.05) is 0 Å². The molecular formula is C6H12O11PV. The summed E-state index contributed by atoms with van der Waals surface area (Å²) in [5, 5.41) is 28.3. The maximum absolute atomic E-state index is 10.6.